The summed E-state index contributed by atoms with van der Waals surface area (Å²) >= 11 is 12.3. The smallest absolute Gasteiger partial charge is 0.245 e. The summed E-state index contributed by atoms with van der Waals surface area (Å²) in [4.78, 5) is 27.4. The number of halogens is 2. The molecule has 0 radical (unpaired) electrons. The quantitative estimate of drug-likeness (QED) is 0.373. The number of anilines is 1. The van der Waals surface area contributed by atoms with Crippen molar-refractivity contribution in [1.29, 1.82) is 0 Å². The van der Waals surface area contributed by atoms with Gasteiger partial charge in [0.05, 0.1) is 28.0 Å². The lowest BCUT2D eigenvalue weighted by molar-refractivity contribution is -0.135. The van der Waals surface area contributed by atoms with Gasteiger partial charge in [0, 0.05) is 24.6 Å². The summed E-state index contributed by atoms with van der Waals surface area (Å²) in [6.07, 6.45) is 0.402. The third kappa shape index (κ3) is 6.84. The van der Waals surface area contributed by atoms with Crippen LogP contribution < -0.4 is 5.32 Å². The molecule has 0 atom stereocenters. The van der Waals surface area contributed by atoms with Crippen molar-refractivity contribution in [3.8, 4) is 16.9 Å². The number of carbonyl (C=O) groups is 2. The van der Waals surface area contributed by atoms with Crippen molar-refractivity contribution in [3.05, 3.63) is 64.6 Å². The van der Waals surface area contributed by atoms with Crippen LogP contribution in [0.1, 0.15) is 34.1 Å². The topological polar surface area (TPSA) is 67.2 Å². The van der Waals surface area contributed by atoms with Gasteiger partial charge in [0.25, 0.3) is 0 Å². The van der Waals surface area contributed by atoms with Crippen LogP contribution in [0, 0.1) is 11.8 Å². The Bertz CT molecular complexity index is 1140. The third-order valence-corrected chi connectivity index (χ3v) is 5.79. The van der Waals surface area contributed by atoms with Gasteiger partial charge in [0.1, 0.15) is 5.82 Å². The first-order valence-electron chi connectivity index (χ1n) is 11.3. The molecule has 0 spiro atoms. The molecule has 0 bridgehead atoms. The van der Waals surface area contributed by atoms with Gasteiger partial charge in [-0.05, 0) is 30.0 Å². The zero-order valence-electron chi connectivity index (χ0n) is 19.9. The monoisotopic (exact) mass is 500 g/mol. The van der Waals surface area contributed by atoms with E-state index in [9.17, 15) is 9.59 Å². The van der Waals surface area contributed by atoms with Crippen molar-refractivity contribution in [1.82, 2.24) is 14.7 Å². The van der Waals surface area contributed by atoms with E-state index in [1.807, 2.05) is 58.0 Å². The second-order valence-corrected chi connectivity index (χ2v) is 9.92. The first-order valence-corrected chi connectivity index (χ1v) is 12.1. The average molecular weight is 501 g/mol. The number of nitrogens with zero attached hydrogens (tertiary/aromatic N) is 3. The molecule has 1 aromatic heterocycles. The molecule has 1 heterocycles. The number of rotatable bonds is 9. The Morgan fingerprint density at radius 1 is 0.971 bits per heavy atom. The van der Waals surface area contributed by atoms with Crippen LogP contribution in [0.3, 0.4) is 0 Å². The average Bonchev–Trinajstić information content (AvgIpc) is 3.18. The number of benzene rings is 2. The van der Waals surface area contributed by atoms with Crippen molar-refractivity contribution in [3.63, 3.8) is 0 Å². The molecule has 34 heavy (non-hydrogen) atoms. The zero-order chi connectivity index (χ0) is 24.8. The van der Waals surface area contributed by atoms with E-state index < -0.39 is 0 Å². The highest BCUT2D eigenvalue weighted by Crippen LogP contribution is 2.29. The summed E-state index contributed by atoms with van der Waals surface area (Å²) in [6, 6.07) is 16.6. The molecule has 8 heteroatoms. The van der Waals surface area contributed by atoms with E-state index in [1.54, 1.807) is 33.8 Å². The third-order valence-electron chi connectivity index (χ3n) is 5.05. The van der Waals surface area contributed by atoms with Crippen molar-refractivity contribution >= 4 is 40.8 Å². The Morgan fingerprint density at radius 2 is 1.68 bits per heavy atom. The second kappa shape index (κ2) is 11.5. The molecule has 0 fully saturated rings. The number of nitrogens with one attached hydrogen (secondary N) is 1. The molecule has 0 aliphatic rings. The van der Waals surface area contributed by atoms with Crippen LogP contribution in [0.25, 0.3) is 16.9 Å². The molecule has 2 amide bonds. The van der Waals surface area contributed by atoms with E-state index in [4.69, 9.17) is 28.3 Å². The van der Waals surface area contributed by atoms with Gasteiger partial charge in [-0.15, -0.1) is 0 Å². The number of hydrogen-bond donors (Lipinski definition) is 1. The molecule has 0 unspecified atom stereocenters. The Morgan fingerprint density at radius 3 is 2.29 bits per heavy atom. The highest BCUT2D eigenvalue weighted by Gasteiger charge is 2.21. The Hall–Kier alpha value is -2.83. The predicted molar refractivity (Wildman–Crippen MR) is 139 cm³/mol. The van der Waals surface area contributed by atoms with Gasteiger partial charge in [-0.3, -0.25) is 9.59 Å². The van der Waals surface area contributed by atoms with Crippen LogP contribution >= 0.6 is 23.2 Å². The van der Waals surface area contributed by atoms with Crippen molar-refractivity contribution < 1.29 is 9.59 Å². The lowest BCUT2D eigenvalue weighted by Crippen LogP contribution is -2.40. The maximum Gasteiger partial charge on any atom is 0.245 e. The van der Waals surface area contributed by atoms with E-state index in [0.717, 1.165) is 5.56 Å². The molecule has 0 saturated carbocycles. The fourth-order valence-corrected chi connectivity index (χ4v) is 3.86. The molecule has 2 aromatic carbocycles. The fraction of sp³-hybridized carbons (Fsp3) is 0.346. The van der Waals surface area contributed by atoms with E-state index in [0.29, 0.717) is 40.2 Å². The molecule has 0 saturated heterocycles. The van der Waals surface area contributed by atoms with Gasteiger partial charge in [0.2, 0.25) is 11.8 Å². The maximum absolute atomic E-state index is 13.1. The first-order chi connectivity index (χ1) is 16.1. The second-order valence-electron chi connectivity index (χ2n) is 9.11. The summed E-state index contributed by atoms with van der Waals surface area (Å²) in [6.45, 7) is 8.52. The normalized spacial score (nSPS) is 11.2. The van der Waals surface area contributed by atoms with Crippen molar-refractivity contribution in [2.75, 3.05) is 18.4 Å². The number of amides is 2. The SMILES string of the molecule is CC(C)CC(=O)N(CC(=O)Nc1cc(-c2ccccc2)nn1-c1ccc(Cl)c(Cl)c1)CC(C)C. The summed E-state index contributed by atoms with van der Waals surface area (Å²) in [5, 5.41) is 8.45. The van der Waals surface area contributed by atoms with Gasteiger partial charge < -0.3 is 10.2 Å². The molecule has 0 aliphatic heterocycles. The largest absolute Gasteiger partial charge is 0.333 e. The molecule has 6 nitrogen and oxygen atoms in total. The number of carbonyl (C=O) groups excluding carboxylic acids is 2. The predicted octanol–water partition coefficient (Wildman–Crippen LogP) is 6.32. The van der Waals surface area contributed by atoms with E-state index >= 15 is 0 Å². The highest BCUT2D eigenvalue weighted by atomic mass is 35.5. The number of hydrogen-bond acceptors (Lipinski definition) is 3. The molecule has 3 aromatic rings. The van der Waals surface area contributed by atoms with Gasteiger partial charge in [-0.2, -0.15) is 5.10 Å². The van der Waals surface area contributed by atoms with Gasteiger partial charge in [-0.25, -0.2) is 4.68 Å². The summed E-state index contributed by atoms with van der Waals surface area (Å²) in [5.74, 6) is 0.619. The van der Waals surface area contributed by atoms with Crippen LogP contribution in [-0.4, -0.2) is 39.6 Å². The lowest BCUT2D eigenvalue weighted by Gasteiger charge is -2.25. The maximum atomic E-state index is 13.1. The minimum absolute atomic E-state index is 0.0261. The summed E-state index contributed by atoms with van der Waals surface area (Å²) in [5.41, 5.74) is 2.25. The summed E-state index contributed by atoms with van der Waals surface area (Å²) < 4.78 is 1.62. The molecular formula is C26H30Cl2N4O2. The first kappa shape index (κ1) is 25.8. The fourth-order valence-electron chi connectivity index (χ4n) is 3.56. The molecule has 3 rings (SSSR count). The van der Waals surface area contributed by atoms with E-state index in [-0.39, 0.29) is 30.2 Å². The lowest BCUT2D eigenvalue weighted by atomic mass is 10.1. The van der Waals surface area contributed by atoms with Gasteiger partial charge in [-0.1, -0.05) is 81.2 Å². The zero-order valence-corrected chi connectivity index (χ0v) is 21.4. The van der Waals surface area contributed by atoms with Crippen molar-refractivity contribution in [2.45, 2.75) is 34.1 Å². The standard InChI is InChI=1S/C26H30Cl2N4O2/c1-17(2)12-26(34)31(15-18(3)4)16-25(33)29-24-14-23(19-8-6-5-7-9-19)30-32(24)20-10-11-21(27)22(28)13-20/h5-11,13-14,17-18H,12,15-16H2,1-4H3,(H,29,33). The minimum Gasteiger partial charge on any atom is -0.333 e. The van der Waals surface area contributed by atoms with Crippen LogP contribution in [-0.2, 0) is 9.59 Å². The molecule has 1 N–H and O–H groups in total. The Labute approximate surface area is 210 Å². The van der Waals surface area contributed by atoms with Crippen LogP contribution in [0.15, 0.2) is 54.6 Å². The molecule has 0 aliphatic carbocycles. The highest BCUT2D eigenvalue weighted by molar-refractivity contribution is 6.42. The number of aromatic nitrogens is 2. The minimum atomic E-state index is -0.293. The summed E-state index contributed by atoms with van der Waals surface area (Å²) in [7, 11) is 0. The van der Waals surface area contributed by atoms with Crippen LogP contribution in [0.4, 0.5) is 5.82 Å². The van der Waals surface area contributed by atoms with Crippen LogP contribution in [0.2, 0.25) is 10.0 Å². The van der Waals surface area contributed by atoms with Crippen LogP contribution in [0.5, 0.6) is 0 Å². The van der Waals surface area contributed by atoms with E-state index in [2.05, 4.69) is 5.32 Å². The van der Waals surface area contributed by atoms with E-state index in [1.165, 1.54) is 0 Å². The van der Waals surface area contributed by atoms with Crippen molar-refractivity contribution in [2.24, 2.45) is 11.8 Å². The molecule has 180 valence electrons. The van der Waals surface area contributed by atoms with Gasteiger partial charge >= 0.3 is 0 Å². The Kier molecular flexibility index (Phi) is 8.75. The van der Waals surface area contributed by atoms with Gasteiger partial charge in [0.15, 0.2) is 0 Å². The molecular weight excluding hydrogens is 471 g/mol. The Balaban J connectivity index is 1.90.